The van der Waals surface area contributed by atoms with Crippen LogP contribution < -0.4 is 15.6 Å². The summed E-state index contributed by atoms with van der Waals surface area (Å²) in [5.41, 5.74) is 1.17. The maximum atomic E-state index is 12.3. The summed E-state index contributed by atoms with van der Waals surface area (Å²) in [6.07, 6.45) is -4.58. The fraction of sp³-hybridized carbons (Fsp3) is 0.158. The molecule has 3 aromatic rings. The molecular weight excluding hydrogens is 375 g/mol. The van der Waals surface area contributed by atoms with Gasteiger partial charge in [0.05, 0.1) is 12.1 Å². The maximum Gasteiger partial charge on any atom is 0.422 e. The Balaban J connectivity index is 1.70. The molecule has 28 heavy (non-hydrogen) atoms. The van der Waals surface area contributed by atoms with Crippen molar-refractivity contribution in [3.63, 3.8) is 0 Å². The summed E-state index contributed by atoms with van der Waals surface area (Å²) in [5, 5.41) is 7.69. The third kappa shape index (κ3) is 5.03. The average Bonchev–Trinajstić information content (AvgIpc) is 3.01. The number of carbonyl (C=O) groups is 1. The molecule has 6 nitrogen and oxygen atoms in total. The van der Waals surface area contributed by atoms with Crippen LogP contribution in [-0.2, 0) is 11.2 Å². The molecule has 0 saturated carbocycles. The summed E-state index contributed by atoms with van der Waals surface area (Å²) in [5.74, 6) is -0.484. The molecule has 146 valence electrons. The lowest BCUT2D eigenvalue weighted by Gasteiger charge is -2.10. The van der Waals surface area contributed by atoms with Crippen molar-refractivity contribution >= 4 is 11.6 Å². The fourth-order valence-corrected chi connectivity index (χ4v) is 2.58. The number of ether oxygens (including phenoxy) is 1. The minimum atomic E-state index is -4.45. The molecule has 1 aromatic heterocycles. The molecule has 1 amide bonds. The van der Waals surface area contributed by atoms with Crippen molar-refractivity contribution in [2.75, 3.05) is 11.9 Å². The third-order valence-corrected chi connectivity index (χ3v) is 3.77. The lowest BCUT2D eigenvalue weighted by molar-refractivity contribution is -0.153. The first-order valence-corrected chi connectivity index (χ1v) is 8.26. The van der Waals surface area contributed by atoms with Gasteiger partial charge in [0.15, 0.2) is 6.61 Å². The van der Waals surface area contributed by atoms with Crippen LogP contribution in [0.5, 0.6) is 5.75 Å². The van der Waals surface area contributed by atoms with E-state index >= 15 is 0 Å². The average molecular weight is 391 g/mol. The third-order valence-electron chi connectivity index (χ3n) is 3.77. The highest BCUT2D eigenvalue weighted by molar-refractivity contribution is 5.95. The molecule has 1 heterocycles. The van der Waals surface area contributed by atoms with Gasteiger partial charge in [-0.3, -0.25) is 19.8 Å². The van der Waals surface area contributed by atoms with E-state index in [0.29, 0.717) is 16.8 Å². The summed E-state index contributed by atoms with van der Waals surface area (Å²) in [4.78, 5) is 24.4. The van der Waals surface area contributed by atoms with Crippen LogP contribution in [0.3, 0.4) is 0 Å². The van der Waals surface area contributed by atoms with Crippen LogP contribution in [0, 0.1) is 0 Å². The molecule has 0 bridgehead atoms. The number of carbonyl (C=O) groups excluding carboxylic acids is 1. The number of anilines is 1. The van der Waals surface area contributed by atoms with Crippen LogP contribution in [-0.4, -0.2) is 28.9 Å². The molecule has 0 fully saturated rings. The van der Waals surface area contributed by atoms with E-state index in [1.54, 1.807) is 30.3 Å². The number of hydrogen-bond donors (Lipinski definition) is 3. The SMILES string of the molecule is O=C(Cc1cccc(OCC(F)(F)F)c1)Nc1c(-c2ccccc2)[nH][nH]c1=O. The highest BCUT2D eigenvalue weighted by Crippen LogP contribution is 2.23. The number of amides is 1. The zero-order valence-corrected chi connectivity index (χ0v) is 14.5. The predicted octanol–water partition coefficient (Wildman–Crippen LogP) is 3.49. The van der Waals surface area contributed by atoms with Crippen molar-refractivity contribution in [1.29, 1.82) is 0 Å². The van der Waals surface area contributed by atoms with E-state index in [9.17, 15) is 22.8 Å². The fourth-order valence-electron chi connectivity index (χ4n) is 2.58. The van der Waals surface area contributed by atoms with E-state index in [4.69, 9.17) is 0 Å². The van der Waals surface area contributed by atoms with Crippen LogP contribution in [0.1, 0.15) is 5.56 Å². The second kappa shape index (κ2) is 8.03. The molecule has 0 unspecified atom stereocenters. The molecule has 3 rings (SSSR count). The molecule has 2 aromatic carbocycles. The number of H-pyrrole nitrogens is 2. The molecule has 0 aliphatic heterocycles. The summed E-state index contributed by atoms with van der Waals surface area (Å²) in [7, 11) is 0. The Kier molecular flexibility index (Phi) is 5.53. The zero-order valence-electron chi connectivity index (χ0n) is 14.5. The van der Waals surface area contributed by atoms with Gasteiger partial charge in [-0.25, -0.2) is 0 Å². The first kappa shape index (κ1) is 19.3. The normalized spacial score (nSPS) is 11.2. The van der Waals surface area contributed by atoms with Gasteiger partial charge >= 0.3 is 6.18 Å². The van der Waals surface area contributed by atoms with E-state index in [0.717, 1.165) is 0 Å². The number of hydrogen-bond acceptors (Lipinski definition) is 3. The number of aromatic amines is 2. The van der Waals surface area contributed by atoms with Crippen LogP contribution in [0.25, 0.3) is 11.3 Å². The lowest BCUT2D eigenvalue weighted by Crippen LogP contribution is -2.20. The maximum absolute atomic E-state index is 12.3. The van der Waals surface area contributed by atoms with E-state index < -0.39 is 24.2 Å². The van der Waals surface area contributed by atoms with Crippen LogP contribution in [0.4, 0.5) is 18.9 Å². The summed E-state index contributed by atoms with van der Waals surface area (Å²) in [6.45, 7) is -1.41. The van der Waals surface area contributed by atoms with E-state index in [2.05, 4.69) is 20.3 Å². The van der Waals surface area contributed by atoms with Gasteiger partial charge in [0, 0.05) is 5.56 Å². The highest BCUT2D eigenvalue weighted by Gasteiger charge is 2.28. The van der Waals surface area contributed by atoms with E-state index in [1.807, 2.05) is 6.07 Å². The number of aromatic nitrogens is 2. The van der Waals surface area contributed by atoms with Gasteiger partial charge in [-0.15, -0.1) is 0 Å². The largest absolute Gasteiger partial charge is 0.484 e. The van der Waals surface area contributed by atoms with Crippen molar-refractivity contribution < 1.29 is 22.7 Å². The van der Waals surface area contributed by atoms with Crippen LogP contribution in [0.15, 0.2) is 59.4 Å². The Labute approximate surface area is 157 Å². The number of nitrogens with one attached hydrogen (secondary N) is 3. The second-order valence-corrected chi connectivity index (χ2v) is 5.97. The van der Waals surface area contributed by atoms with Gasteiger partial charge in [0.25, 0.3) is 5.56 Å². The smallest absolute Gasteiger partial charge is 0.422 e. The monoisotopic (exact) mass is 391 g/mol. The minimum absolute atomic E-state index is 0.00657. The lowest BCUT2D eigenvalue weighted by atomic mass is 10.1. The van der Waals surface area contributed by atoms with Crippen LogP contribution in [0.2, 0.25) is 0 Å². The summed E-state index contributed by atoms with van der Waals surface area (Å²) in [6, 6.07) is 14.7. The number of alkyl halides is 3. The van der Waals surface area contributed by atoms with Crippen molar-refractivity contribution in [2.24, 2.45) is 0 Å². The molecule has 0 spiro atoms. The first-order chi connectivity index (χ1) is 13.3. The Morgan fingerprint density at radius 3 is 2.50 bits per heavy atom. The quantitative estimate of drug-likeness (QED) is 0.601. The van der Waals surface area contributed by atoms with Gasteiger partial charge in [-0.05, 0) is 17.7 Å². The van der Waals surface area contributed by atoms with Gasteiger partial charge in [0.2, 0.25) is 5.91 Å². The van der Waals surface area contributed by atoms with Gasteiger partial charge in [-0.1, -0.05) is 42.5 Å². The molecule has 9 heteroatoms. The van der Waals surface area contributed by atoms with Crippen molar-refractivity contribution in [3.8, 4) is 17.0 Å². The highest BCUT2D eigenvalue weighted by atomic mass is 19.4. The van der Waals surface area contributed by atoms with Gasteiger partial charge in [-0.2, -0.15) is 13.2 Å². The van der Waals surface area contributed by atoms with Crippen molar-refractivity contribution in [1.82, 2.24) is 10.2 Å². The van der Waals surface area contributed by atoms with E-state index in [1.165, 1.54) is 18.2 Å². The Morgan fingerprint density at radius 1 is 1.04 bits per heavy atom. The zero-order chi connectivity index (χ0) is 20.1. The van der Waals surface area contributed by atoms with E-state index in [-0.39, 0.29) is 17.9 Å². The summed E-state index contributed by atoms with van der Waals surface area (Å²) >= 11 is 0. The molecule has 3 N–H and O–H groups in total. The molecular formula is C19H16F3N3O3. The number of benzene rings is 2. The standard InChI is InChI=1S/C19H16F3N3O3/c20-19(21,22)11-28-14-8-4-5-12(9-14)10-15(26)23-17-16(24-25-18(17)27)13-6-2-1-3-7-13/h1-9H,10-11H2,(H,23,26)(H2,24,25,27). The van der Waals surface area contributed by atoms with Gasteiger partial charge in [0.1, 0.15) is 11.4 Å². The van der Waals surface area contributed by atoms with Crippen molar-refractivity contribution in [2.45, 2.75) is 12.6 Å². The molecule has 0 aliphatic carbocycles. The topological polar surface area (TPSA) is 87.0 Å². The van der Waals surface area contributed by atoms with Crippen LogP contribution >= 0.6 is 0 Å². The Bertz CT molecular complexity index is 1010. The van der Waals surface area contributed by atoms with Crippen molar-refractivity contribution in [3.05, 3.63) is 70.5 Å². The minimum Gasteiger partial charge on any atom is -0.484 e. The Hall–Kier alpha value is -3.49. The van der Waals surface area contributed by atoms with Gasteiger partial charge < -0.3 is 10.1 Å². The molecule has 0 aliphatic rings. The Morgan fingerprint density at radius 2 is 1.79 bits per heavy atom. The molecule has 0 atom stereocenters. The summed E-state index contributed by atoms with van der Waals surface area (Å²) < 4.78 is 41.4. The number of halogens is 3. The number of rotatable bonds is 6. The first-order valence-electron chi connectivity index (χ1n) is 8.26. The molecule has 0 saturated heterocycles. The predicted molar refractivity (Wildman–Crippen MR) is 97.2 cm³/mol. The second-order valence-electron chi connectivity index (χ2n) is 5.97. The molecule has 0 radical (unpaired) electrons.